The topological polar surface area (TPSA) is 126 Å². The van der Waals surface area contributed by atoms with E-state index in [1.54, 1.807) is 6.07 Å². The third-order valence-corrected chi connectivity index (χ3v) is 7.37. The predicted molar refractivity (Wildman–Crippen MR) is 158 cm³/mol. The summed E-state index contributed by atoms with van der Waals surface area (Å²) in [6.45, 7) is 2.51. The van der Waals surface area contributed by atoms with Crippen molar-refractivity contribution in [2.45, 2.75) is 45.4 Å². The molecule has 39 heavy (non-hydrogen) atoms. The molecule has 0 saturated heterocycles. The number of carbonyl (C=O) groups is 3. The Hall–Kier alpha value is -4.24. The fourth-order valence-electron chi connectivity index (χ4n) is 4.23. The molecule has 4 aromatic rings. The fraction of sp³-hybridized carbons (Fsp3) is 0.267. The number of hydrogen-bond acceptors (Lipinski definition) is 6. The molecule has 3 amide bonds. The quantitative estimate of drug-likeness (QED) is 0.150. The molecule has 9 heteroatoms. The molecule has 0 aliphatic rings. The van der Waals surface area contributed by atoms with Crippen molar-refractivity contribution in [3.63, 3.8) is 0 Å². The van der Waals surface area contributed by atoms with Crippen LogP contribution in [-0.2, 0) is 4.79 Å². The number of aryl methyl sites for hydroxylation is 1. The van der Waals surface area contributed by atoms with Gasteiger partial charge in [0.1, 0.15) is 0 Å². The Balaban J connectivity index is 1.46. The SMILES string of the molecule is Cc1ccccc1Nc1ncc(C(=O)NCCCCCCCC(N)=O)cc1NC(=O)c1csc2ccccc12. The van der Waals surface area contributed by atoms with Gasteiger partial charge in [0.25, 0.3) is 11.8 Å². The first kappa shape index (κ1) is 27.8. The summed E-state index contributed by atoms with van der Waals surface area (Å²) in [6, 6.07) is 17.2. The zero-order valence-corrected chi connectivity index (χ0v) is 22.8. The zero-order chi connectivity index (χ0) is 27.6. The lowest BCUT2D eigenvalue weighted by atomic mass is 10.1. The number of para-hydroxylation sites is 1. The van der Waals surface area contributed by atoms with Gasteiger partial charge in [-0.1, -0.05) is 55.7 Å². The van der Waals surface area contributed by atoms with Gasteiger partial charge in [-0.25, -0.2) is 4.98 Å². The Morgan fingerprint density at radius 3 is 2.46 bits per heavy atom. The van der Waals surface area contributed by atoms with Crippen molar-refractivity contribution in [2.24, 2.45) is 5.73 Å². The van der Waals surface area contributed by atoms with E-state index in [9.17, 15) is 14.4 Å². The molecule has 4 rings (SSSR count). The molecule has 0 bridgehead atoms. The average molecular weight is 544 g/mol. The molecule has 2 aromatic heterocycles. The first-order valence-electron chi connectivity index (χ1n) is 13.1. The molecule has 2 aromatic carbocycles. The Morgan fingerprint density at radius 2 is 1.64 bits per heavy atom. The van der Waals surface area contributed by atoms with Gasteiger partial charge in [-0.15, -0.1) is 11.3 Å². The van der Waals surface area contributed by atoms with Crippen LogP contribution < -0.4 is 21.7 Å². The van der Waals surface area contributed by atoms with Crippen LogP contribution in [0.15, 0.2) is 66.2 Å². The largest absolute Gasteiger partial charge is 0.370 e. The highest BCUT2D eigenvalue weighted by atomic mass is 32.1. The standard InChI is InChI=1S/C30H33N5O3S/c1-20-11-6-8-13-24(20)34-28-25(35-30(38)23-19-39-26-14-9-7-12-22(23)26)17-21(18-33-28)29(37)32-16-10-4-2-3-5-15-27(31)36/h6-9,11-14,17-19H,2-5,10,15-16H2,1H3,(H2,31,36)(H,32,37)(H,33,34)(H,35,38). The van der Waals surface area contributed by atoms with Crippen LogP contribution in [0.3, 0.4) is 0 Å². The van der Waals surface area contributed by atoms with Gasteiger partial charge in [0, 0.05) is 40.3 Å². The summed E-state index contributed by atoms with van der Waals surface area (Å²) in [5.41, 5.74) is 8.39. The number of hydrogen-bond donors (Lipinski definition) is 4. The molecule has 5 N–H and O–H groups in total. The lowest BCUT2D eigenvalue weighted by Crippen LogP contribution is -2.25. The monoisotopic (exact) mass is 543 g/mol. The molecule has 0 aliphatic heterocycles. The number of nitrogens with zero attached hydrogens (tertiary/aromatic N) is 1. The van der Waals surface area contributed by atoms with Gasteiger partial charge in [-0.05, 0) is 43.5 Å². The van der Waals surface area contributed by atoms with Crippen molar-refractivity contribution in [3.8, 4) is 0 Å². The van der Waals surface area contributed by atoms with Crippen molar-refractivity contribution < 1.29 is 14.4 Å². The minimum absolute atomic E-state index is 0.254. The summed E-state index contributed by atoms with van der Waals surface area (Å²) < 4.78 is 1.03. The summed E-state index contributed by atoms with van der Waals surface area (Å²) >= 11 is 1.51. The number of pyridine rings is 1. The predicted octanol–water partition coefficient (Wildman–Crippen LogP) is 6.16. The Bertz CT molecular complexity index is 1470. The van der Waals surface area contributed by atoms with Crippen LogP contribution in [0.2, 0.25) is 0 Å². The minimum Gasteiger partial charge on any atom is -0.370 e. The van der Waals surface area contributed by atoms with E-state index in [4.69, 9.17) is 5.73 Å². The number of nitrogens with two attached hydrogens (primary N) is 1. The number of fused-ring (bicyclic) bond motifs is 1. The zero-order valence-electron chi connectivity index (χ0n) is 22.0. The van der Waals surface area contributed by atoms with Gasteiger partial charge < -0.3 is 21.7 Å². The van der Waals surface area contributed by atoms with E-state index in [0.29, 0.717) is 35.6 Å². The molecular formula is C30H33N5O3S. The molecule has 0 radical (unpaired) electrons. The van der Waals surface area contributed by atoms with E-state index in [1.807, 2.05) is 60.8 Å². The van der Waals surface area contributed by atoms with Gasteiger partial charge >= 0.3 is 0 Å². The number of primary amides is 1. The van der Waals surface area contributed by atoms with Gasteiger partial charge in [-0.3, -0.25) is 14.4 Å². The van der Waals surface area contributed by atoms with E-state index >= 15 is 0 Å². The molecule has 202 valence electrons. The van der Waals surface area contributed by atoms with Gasteiger partial charge in [0.05, 0.1) is 16.8 Å². The second-order valence-electron chi connectivity index (χ2n) is 9.40. The summed E-state index contributed by atoms with van der Waals surface area (Å²) in [5, 5.41) is 11.9. The van der Waals surface area contributed by atoms with Crippen molar-refractivity contribution in [1.29, 1.82) is 0 Å². The summed E-state index contributed by atoms with van der Waals surface area (Å²) in [4.78, 5) is 41.5. The maximum atomic E-state index is 13.3. The van der Waals surface area contributed by atoms with Crippen LogP contribution in [0.25, 0.3) is 10.1 Å². The van der Waals surface area contributed by atoms with Gasteiger partial charge in [0.2, 0.25) is 5.91 Å². The number of thiophene rings is 1. The van der Waals surface area contributed by atoms with Crippen LogP contribution in [0.5, 0.6) is 0 Å². The second kappa shape index (κ2) is 13.5. The Kier molecular flexibility index (Phi) is 9.64. The first-order chi connectivity index (χ1) is 18.9. The molecule has 0 saturated carbocycles. The summed E-state index contributed by atoms with van der Waals surface area (Å²) in [7, 11) is 0. The Morgan fingerprint density at radius 1 is 0.897 bits per heavy atom. The number of benzene rings is 2. The van der Waals surface area contributed by atoms with Crippen molar-refractivity contribution in [2.75, 3.05) is 17.2 Å². The molecule has 0 spiro atoms. The fourth-order valence-corrected chi connectivity index (χ4v) is 5.17. The smallest absolute Gasteiger partial charge is 0.257 e. The highest BCUT2D eigenvalue weighted by Gasteiger charge is 2.17. The third-order valence-electron chi connectivity index (χ3n) is 6.41. The van der Waals surface area contributed by atoms with Crippen LogP contribution in [-0.4, -0.2) is 29.3 Å². The number of aromatic nitrogens is 1. The number of rotatable bonds is 13. The molecule has 0 atom stereocenters. The van der Waals surface area contributed by atoms with Crippen molar-refractivity contribution in [1.82, 2.24) is 10.3 Å². The van der Waals surface area contributed by atoms with Crippen LogP contribution in [0, 0.1) is 6.92 Å². The van der Waals surface area contributed by atoms with Crippen LogP contribution >= 0.6 is 11.3 Å². The lowest BCUT2D eigenvalue weighted by Gasteiger charge is -2.15. The number of carbonyl (C=O) groups excluding carboxylic acids is 3. The average Bonchev–Trinajstić information content (AvgIpc) is 3.36. The van der Waals surface area contributed by atoms with E-state index in [2.05, 4.69) is 20.9 Å². The maximum Gasteiger partial charge on any atom is 0.257 e. The van der Waals surface area contributed by atoms with Crippen LogP contribution in [0.4, 0.5) is 17.2 Å². The maximum absolute atomic E-state index is 13.3. The van der Waals surface area contributed by atoms with Gasteiger partial charge in [-0.2, -0.15) is 0 Å². The molecule has 8 nitrogen and oxygen atoms in total. The third kappa shape index (κ3) is 7.64. The lowest BCUT2D eigenvalue weighted by molar-refractivity contribution is -0.118. The molecule has 0 unspecified atom stereocenters. The number of anilines is 3. The van der Waals surface area contributed by atoms with E-state index < -0.39 is 0 Å². The van der Waals surface area contributed by atoms with E-state index in [0.717, 1.165) is 53.4 Å². The van der Waals surface area contributed by atoms with E-state index in [1.165, 1.54) is 17.5 Å². The summed E-state index contributed by atoms with van der Waals surface area (Å²) in [6.07, 6.45) is 6.43. The minimum atomic E-state index is -0.268. The molecular weight excluding hydrogens is 510 g/mol. The first-order valence-corrected chi connectivity index (χ1v) is 14.0. The van der Waals surface area contributed by atoms with Crippen molar-refractivity contribution in [3.05, 3.63) is 82.9 Å². The highest BCUT2D eigenvalue weighted by molar-refractivity contribution is 7.17. The number of unbranched alkanes of at least 4 members (excludes halogenated alkanes) is 4. The normalized spacial score (nSPS) is 10.8. The van der Waals surface area contributed by atoms with E-state index in [-0.39, 0.29) is 17.7 Å². The van der Waals surface area contributed by atoms with Gasteiger partial charge in [0.15, 0.2) is 5.82 Å². The molecule has 0 aliphatic carbocycles. The second-order valence-corrected chi connectivity index (χ2v) is 10.3. The summed E-state index contributed by atoms with van der Waals surface area (Å²) in [5.74, 6) is -0.342. The Labute approximate surface area is 232 Å². The number of nitrogens with one attached hydrogen (secondary N) is 3. The van der Waals surface area contributed by atoms with Crippen LogP contribution in [0.1, 0.15) is 64.8 Å². The van der Waals surface area contributed by atoms with Crippen molar-refractivity contribution >= 4 is 56.3 Å². The number of amides is 3. The molecule has 2 heterocycles. The molecule has 0 fully saturated rings. The highest BCUT2D eigenvalue weighted by Crippen LogP contribution is 2.29.